The Morgan fingerprint density at radius 2 is 2.14 bits per heavy atom. The summed E-state index contributed by atoms with van der Waals surface area (Å²) in [4.78, 5) is 16.6. The lowest BCUT2D eigenvalue weighted by Gasteiger charge is -2.57. The van der Waals surface area contributed by atoms with Gasteiger partial charge in [0.25, 0.3) is 0 Å². The second-order valence-corrected chi connectivity index (χ2v) is 8.80. The van der Waals surface area contributed by atoms with Gasteiger partial charge in [0.2, 0.25) is 5.91 Å². The van der Waals surface area contributed by atoms with E-state index < -0.39 is 0 Å². The summed E-state index contributed by atoms with van der Waals surface area (Å²) >= 11 is 0. The Morgan fingerprint density at radius 1 is 1.32 bits per heavy atom. The van der Waals surface area contributed by atoms with Crippen LogP contribution in [0.3, 0.4) is 0 Å². The first-order valence-electron chi connectivity index (χ1n) is 10.7. The van der Waals surface area contributed by atoms with Crippen molar-refractivity contribution in [2.45, 2.75) is 56.6 Å². The minimum Gasteiger partial charge on any atom is -0.377 e. The number of ether oxygens (including phenoxy) is 1. The summed E-state index contributed by atoms with van der Waals surface area (Å²) in [5.41, 5.74) is 2.43. The standard InChI is InChI=1S/C22H30N4O2/c1-23-21(24-13-14-12-18(27)25-17-7-3-2-6-15(14)17)26-19-16-8-11-28-20(16)22(19)9-4-5-10-22/h2-3,6-7,14,16,19-20H,4-5,8-13H2,1H3,(H,25,27)(H2,23,24,26). The van der Waals surface area contributed by atoms with Gasteiger partial charge in [-0.2, -0.15) is 0 Å². The van der Waals surface area contributed by atoms with Gasteiger partial charge in [-0.05, 0) is 30.9 Å². The largest absolute Gasteiger partial charge is 0.377 e. The Bertz CT molecular complexity index is 786. The number of carbonyl (C=O) groups excluding carboxylic acids is 1. The molecule has 4 atom stereocenters. The molecule has 4 aliphatic rings. The summed E-state index contributed by atoms with van der Waals surface area (Å²) < 4.78 is 6.10. The second kappa shape index (κ2) is 7.07. The summed E-state index contributed by atoms with van der Waals surface area (Å²) in [6.45, 7) is 1.60. The van der Waals surface area contributed by atoms with Gasteiger partial charge in [0.15, 0.2) is 5.96 Å². The fourth-order valence-corrected chi connectivity index (χ4v) is 6.15. The molecular weight excluding hydrogens is 352 g/mol. The van der Waals surface area contributed by atoms with Crippen molar-refractivity contribution in [3.63, 3.8) is 0 Å². The highest BCUT2D eigenvalue weighted by molar-refractivity contribution is 5.94. The third kappa shape index (κ3) is 2.81. The van der Waals surface area contributed by atoms with E-state index in [-0.39, 0.29) is 11.8 Å². The van der Waals surface area contributed by atoms with Crippen molar-refractivity contribution in [2.24, 2.45) is 16.3 Å². The van der Waals surface area contributed by atoms with E-state index in [2.05, 4.69) is 27.0 Å². The molecule has 3 N–H and O–H groups in total. The van der Waals surface area contributed by atoms with Gasteiger partial charge < -0.3 is 20.7 Å². The zero-order valence-corrected chi connectivity index (χ0v) is 16.5. The van der Waals surface area contributed by atoms with E-state index in [9.17, 15) is 4.79 Å². The van der Waals surface area contributed by atoms with Crippen molar-refractivity contribution >= 4 is 17.6 Å². The van der Waals surface area contributed by atoms with Gasteiger partial charge in [0, 0.05) is 55.6 Å². The number of amides is 1. The van der Waals surface area contributed by atoms with Crippen LogP contribution in [0, 0.1) is 11.3 Å². The van der Waals surface area contributed by atoms with E-state index in [0.717, 1.165) is 24.7 Å². The molecule has 0 radical (unpaired) electrons. The monoisotopic (exact) mass is 382 g/mol. The van der Waals surface area contributed by atoms with Crippen LogP contribution in [-0.2, 0) is 9.53 Å². The molecule has 2 aliphatic heterocycles. The molecule has 2 heterocycles. The van der Waals surface area contributed by atoms with E-state index in [1.807, 2.05) is 25.2 Å². The topological polar surface area (TPSA) is 74.8 Å². The van der Waals surface area contributed by atoms with Gasteiger partial charge in [-0.3, -0.25) is 9.79 Å². The fraction of sp³-hybridized carbons (Fsp3) is 0.636. The zero-order chi connectivity index (χ0) is 19.1. The number of carbonyl (C=O) groups is 1. The zero-order valence-electron chi connectivity index (χ0n) is 16.5. The molecule has 3 fully saturated rings. The number of guanidine groups is 1. The highest BCUT2D eigenvalue weighted by atomic mass is 16.5. The SMILES string of the molecule is CN=C(NCC1CC(=O)Nc2ccccc21)NC1C2CCOC2C12CCCC2. The maximum Gasteiger partial charge on any atom is 0.225 e. The first-order chi connectivity index (χ1) is 13.7. The highest BCUT2D eigenvalue weighted by Crippen LogP contribution is 2.60. The minimum atomic E-state index is 0.0864. The van der Waals surface area contributed by atoms with Gasteiger partial charge >= 0.3 is 0 Å². The van der Waals surface area contributed by atoms with Crippen molar-refractivity contribution in [3.8, 4) is 0 Å². The van der Waals surface area contributed by atoms with Gasteiger partial charge in [-0.15, -0.1) is 0 Å². The van der Waals surface area contributed by atoms with Gasteiger partial charge in [0.1, 0.15) is 0 Å². The number of nitrogens with zero attached hydrogens (tertiary/aromatic N) is 1. The number of hydrogen-bond donors (Lipinski definition) is 3. The fourth-order valence-electron chi connectivity index (χ4n) is 6.15. The van der Waals surface area contributed by atoms with Crippen molar-refractivity contribution in [1.82, 2.24) is 10.6 Å². The Balaban J connectivity index is 1.26. The molecule has 1 aromatic rings. The predicted octanol–water partition coefficient (Wildman–Crippen LogP) is 2.63. The van der Waals surface area contributed by atoms with Crippen molar-refractivity contribution in [1.29, 1.82) is 0 Å². The molecule has 2 saturated carbocycles. The molecule has 0 bridgehead atoms. The summed E-state index contributed by atoms with van der Waals surface area (Å²) in [6.07, 6.45) is 7.25. The summed E-state index contributed by atoms with van der Waals surface area (Å²) in [7, 11) is 1.83. The lowest BCUT2D eigenvalue weighted by Crippen LogP contribution is -2.69. The number of aliphatic imine (C=N–C) groups is 1. The van der Waals surface area contributed by atoms with E-state index in [4.69, 9.17) is 4.74 Å². The Hall–Kier alpha value is -2.08. The van der Waals surface area contributed by atoms with Gasteiger partial charge in [0.05, 0.1) is 6.10 Å². The number of benzene rings is 1. The molecule has 2 aliphatic carbocycles. The normalized spacial score (nSPS) is 33.0. The Labute approximate surface area is 166 Å². The molecule has 150 valence electrons. The number of hydrogen-bond acceptors (Lipinski definition) is 3. The third-order valence-electron chi connectivity index (χ3n) is 7.42. The lowest BCUT2D eigenvalue weighted by molar-refractivity contribution is -0.125. The van der Waals surface area contributed by atoms with Crippen LogP contribution in [0.15, 0.2) is 29.3 Å². The van der Waals surface area contributed by atoms with E-state index in [1.54, 1.807) is 0 Å². The van der Waals surface area contributed by atoms with Crippen LogP contribution in [0.2, 0.25) is 0 Å². The van der Waals surface area contributed by atoms with Crippen molar-refractivity contribution in [3.05, 3.63) is 29.8 Å². The summed E-state index contributed by atoms with van der Waals surface area (Å²) in [5.74, 6) is 1.71. The van der Waals surface area contributed by atoms with E-state index >= 15 is 0 Å². The van der Waals surface area contributed by atoms with Crippen LogP contribution >= 0.6 is 0 Å². The number of anilines is 1. The predicted molar refractivity (Wildman–Crippen MR) is 109 cm³/mol. The maximum atomic E-state index is 12.1. The molecule has 1 amide bonds. The quantitative estimate of drug-likeness (QED) is 0.555. The Morgan fingerprint density at radius 3 is 2.96 bits per heavy atom. The summed E-state index contributed by atoms with van der Waals surface area (Å²) in [6, 6.07) is 8.54. The third-order valence-corrected chi connectivity index (χ3v) is 7.42. The lowest BCUT2D eigenvalue weighted by atomic mass is 9.54. The molecule has 6 heteroatoms. The first kappa shape index (κ1) is 18.0. The molecule has 1 saturated heterocycles. The first-order valence-corrected chi connectivity index (χ1v) is 10.7. The van der Waals surface area contributed by atoms with Crippen LogP contribution in [0.1, 0.15) is 50.0 Å². The summed E-state index contributed by atoms with van der Waals surface area (Å²) in [5, 5.41) is 10.2. The number of fused-ring (bicyclic) bond motifs is 3. The van der Waals surface area contributed by atoms with Crippen LogP contribution in [-0.4, -0.2) is 44.2 Å². The second-order valence-electron chi connectivity index (χ2n) is 8.80. The van der Waals surface area contributed by atoms with Gasteiger partial charge in [-0.25, -0.2) is 0 Å². The molecule has 4 unspecified atom stereocenters. The number of nitrogens with one attached hydrogen (secondary N) is 3. The van der Waals surface area contributed by atoms with Gasteiger partial charge in [-0.1, -0.05) is 31.0 Å². The molecule has 0 aromatic heterocycles. The minimum absolute atomic E-state index is 0.0864. The average molecular weight is 383 g/mol. The van der Waals surface area contributed by atoms with Crippen LogP contribution in [0.25, 0.3) is 0 Å². The van der Waals surface area contributed by atoms with Crippen molar-refractivity contribution < 1.29 is 9.53 Å². The smallest absolute Gasteiger partial charge is 0.225 e. The molecule has 28 heavy (non-hydrogen) atoms. The van der Waals surface area contributed by atoms with Crippen LogP contribution in [0.5, 0.6) is 0 Å². The van der Waals surface area contributed by atoms with Crippen LogP contribution < -0.4 is 16.0 Å². The molecule has 1 spiro atoms. The molecular formula is C22H30N4O2. The molecule has 1 aromatic carbocycles. The number of rotatable bonds is 3. The van der Waals surface area contributed by atoms with Crippen LogP contribution in [0.4, 0.5) is 5.69 Å². The average Bonchev–Trinajstić information content (AvgIpc) is 3.37. The highest BCUT2D eigenvalue weighted by Gasteiger charge is 2.65. The van der Waals surface area contributed by atoms with E-state index in [1.165, 1.54) is 31.2 Å². The maximum absolute atomic E-state index is 12.1. The molecule has 6 nitrogen and oxygen atoms in total. The van der Waals surface area contributed by atoms with Crippen molar-refractivity contribution in [2.75, 3.05) is 25.5 Å². The number of para-hydroxylation sites is 1. The Kier molecular flexibility index (Phi) is 4.54. The molecule has 5 rings (SSSR count). The van der Waals surface area contributed by atoms with E-state index in [0.29, 0.717) is 36.4 Å².